The average Bonchev–Trinajstić information content (AvgIpc) is 2.62. The lowest BCUT2D eigenvalue weighted by molar-refractivity contribution is 0.234. The van der Waals surface area contributed by atoms with E-state index in [4.69, 9.17) is 0 Å². The van der Waals surface area contributed by atoms with E-state index >= 15 is 0 Å². The van der Waals surface area contributed by atoms with Crippen molar-refractivity contribution in [2.45, 2.75) is 32.4 Å². The van der Waals surface area contributed by atoms with Gasteiger partial charge in [0.15, 0.2) is 5.82 Å². The van der Waals surface area contributed by atoms with Crippen LogP contribution in [0.15, 0.2) is 35.5 Å². The van der Waals surface area contributed by atoms with E-state index in [1.54, 1.807) is 12.4 Å². The molecular formula is C17H22N6O2. The second kappa shape index (κ2) is 7.78. The number of amides is 2. The number of urea groups is 1. The fraction of sp³-hybridized carbons (Fsp3) is 0.412. The number of anilines is 1. The highest BCUT2D eigenvalue weighted by atomic mass is 16.2. The molecule has 2 amide bonds. The number of H-pyrrole nitrogens is 1. The molecule has 1 aliphatic heterocycles. The van der Waals surface area contributed by atoms with E-state index in [1.165, 1.54) is 6.20 Å². The van der Waals surface area contributed by atoms with Gasteiger partial charge in [0.2, 0.25) is 0 Å². The third-order valence-electron chi connectivity index (χ3n) is 4.28. The Hall–Kier alpha value is -2.90. The largest absolute Gasteiger partial charge is 0.350 e. The Kier molecular flexibility index (Phi) is 5.27. The number of aryl methyl sites for hydroxylation is 1. The van der Waals surface area contributed by atoms with Crippen molar-refractivity contribution in [3.05, 3.63) is 52.3 Å². The minimum Gasteiger partial charge on any atom is -0.350 e. The molecule has 1 unspecified atom stereocenters. The van der Waals surface area contributed by atoms with Crippen molar-refractivity contribution >= 4 is 11.8 Å². The normalized spacial score (nSPS) is 17.2. The van der Waals surface area contributed by atoms with Crippen molar-refractivity contribution in [3.63, 3.8) is 0 Å². The molecule has 1 fully saturated rings. The summed E-state index contributed by atoms with van der Waals surface area (Å²) in [6.45, 7) is 3.67. The highest BCUT2D eigenvalue weighted by Crippen LogP contribution is 2.14. The number of aromatic nitrogens is 3. The zero-order chi connectivity index (χ0) is 17.6. The molecule has 3 rings (SSSR count). The lowest BCUT2D eigenvalue weighted by Gasteiger charge is -2.33. The number of piperidine rings is 1. The Bertz CT molecular complexity index is 790. The predicted octanol–water partition coefficient (Wildman–Crippen LogP) is 0.942. The highest BCUT2D eigenvalue weighted by molar-refractivity contribution is 5.74. The molecule has 8 nitrogen and oxygen atoms in total. The molecular weight excluding hydrogens is 320 g/mol. The summed E-state index contributed by atoms with van der Waals surface area (Å²) in [5, 5.41) is 5.81. The van der Waals surface area contributed by atoms with E-state index in [9.17, 15) is 9.59 Å². The second-order valence-electron chi connectivity index (χ2n) is 6.12. The van der Waals surface area contributed by atoms with Crippen molar-refractivity contribution in [2.75, 3.05) is 18.0 Å². The maximum absolute atomic E-state index is 12.2. The molecule has 0 aliphatic carbocycles. The molecule has 3 heterocycles. The Labute approximate surface area is 145 Å². The first-order valence-corrected chi connectivity index (χ1v) is 8.37. The van der Waals surface area contributed by atoms with Crippen LogP contribution in [0.2, 0.25) is 0 Å². The quantitative estimate of drug-likeness (QED) is 0.767. The molecule has 0 spiro atoms. The molecule has 0 radical (unpaired) electrons. The molecule has 2 aromatic heterocycles. The van der Waals surface area contributed by atoms with Crippen LogP contribution in [0.5, 0.6) is 0 Å². The van der Waals surface area contributed by atoms with E-state index < -0.39 is 0 Å². The van der Waals surface area contributed by atoms with Gasteiger partial charge in [-0.25, -0.2) is 9.78 Å². The third-order valence-corrected chi connectivity index (χ3v) is 4.28. The summed E-state index contributed by atoms with van der Waals surface area (Å²) in [7, 11) is 0. The van der Waals surface area contributed by atoms with Crippen molar-refractivity contribution in [2.24, 2.45) is 0 Å². The van der Waals surface area contributed by atoms with Gasteiger partial charge in [-0.2, -0.15) is 0 Å². The number of nitrogens with one attached hydrogen (secondary N) is 3. The number of nitrogens with zero attached hydrogens (tertiary/aromatic N) is 3. The van der Waals surface area contributed by atoms with E-state index in [0.29, 0.717) is 18.9 Å². The topological polar surface area (TPSA) is 103 Å². The van der Waals surface area contributed by atoms with Crippen LogP contribution in [-0.4, -0.2) is 40.1 Å². The fourth-order valence-electron chi connectivity index (χ4n) is 2.96. The standard InChI is InChI=1S/C17H22N6O2/c1-12-4-2-6-18-14(12)10-21-17(25)22-13-5-3-9-23(11-13)15-16(24)20-8-7-19-15/h2,4,6-8,13H,3,5,9-11H2,1H3,(H,20,24)(H2,21,22,25). The van der Waals surface area contributed by atoms with E-state index in [2.05, 4.69) is 25.6 Å². The number of hydrogen-bond acceptors (Lipinski definition) is 5. The van der Waals surface area contributed by atoms with Gasteiger partial charge in [0.05, 0.1) is 12.2 Å². The number of aromatic amines is 1. The number of carbonyl (C=O) groups is 1. The first-order chi connectivity index (χ1) is 12.1. The summed E-state index contributed by atoms with van der Waals surface area (Å²) in [4.78, 5) is 37.0. The Morgan fingerprint density at radius 1 is 1.40 bits per heavy atom. The molecule has 1 saturated heterocycles. The molecule has 8 heteroatoms. The van der Waals surface area contributed by atoms with E-state index in [1.807, 2.05) is 24.0 Å². The van der Waals surface area contributed by atoms with Gasteiger partial charge in [0.1, 0.15) is 0 Å². The van der Waals surface area contributed by atoms with Crippen molar-refractivity contribution in [3.8, 4) is 0 Å². The summed E-state index contributed by atoms with van der Waals surface area (Å²) in [5.41, 5.74) is 1.68. The smallest absolute Gasteiger partial charge is 0.315 e. The summed E-state index contributed by atoms with van der Waals surface area (Å²) in [6.07, 6.45) is 6.55. The number of carbonyl (C=O) groups excluding carboxylic acids is 1. The number of hydrogen-bond donors (Lipinski definition) is 3. The number of pyridine rings is 1. The van der Waals surface area contributed by atoms with Crippen molar-refractivity contribution < 1.29 is 4.79 Å². The van der Waals surface area contributed by atoms with Crippen LogP contribution in [-0.2, 0) is 6.54 Å². The van der Waals surface area contributed by atoms with E-state index in [0.717, 1.165) is 30.6 Å². The van der Waals surface area contributed by atoms with Gasteiger partial charge >= 0.3 is 6.03 Å². The molecule has 3 N–H and O–H groups in total. The fourth-order valence-corrected chi connectivity index (χ4v) is 2.96. The van der Waals surface area contributed by atoms with Crippen molar-refractivity contribution in [1.82, 2.24) is 25.6 Å². The summed E-state index contributed by atoms with van der Waals surface area (Å²) < 4.78 is 0. The Morgan fingerprint density at radius 2 is 2.28 bits per heavy atom. The Balaban J connectivity index is 1.54. The molecule has 132 valence electrons. The molecule has 0 aromatic carbocycles. The van der Waals surface area contributed by atoms with Crippen molar-refractivity contribution in [1.29, 1.82) is 0 Å². The highest BCUT2D eigenvalue weighted by Gasteiger charge is 2.23. The van der Waals surface area contributed by atoms with Crippen LogP contribution in [0, 0.1) is 6.92 Å². The zero-order valence-corrected chi connectivity index (χ0v) is 14.2. The SMILES string of the molecule is Cc1cccnc1CNC(=O)NC1CCCN(c2ncc[nH]c2=O)C1. The maximum Gasteiger partial charge on any atom is 0.315 e. The summed E-state index contributed by atoms with van der Waals surface area (Å²) >= 11 is 0. The van der Waals surface area contributed by atoms with Crippen LogP contribution in [0.1, 0.15) is 24.1 Å². The lowest BCUT2D eigenvalue weighted by Crippen LogP contribution is -2.51. The zero-order valence-electron chi connectivity index (χ0n) is 14.2. The van der Waals surface area contributed by atoms with E-state index in [-0.39, 0.29) is 17.6 Å². The first-order valence-electron chi connectivity index (χ1n) is 8.37. The van der Waals surface area contributed by atoms with Crippen LogP contribution in [0.3, 0.4) is 0 Å². The van der Waals surface area contributed by atoms with Gasteiger partial charge in [-0.3, -0.25) is 9.78 Å². The summed E-state index contributed by atoms with van der Waals surface area (Å²) in [5.74, 6) is 0.401. The van der Waals surface area contributed by atoms with Crippen LogP contribution in [0.4, 0.5) is 10.6 Å². The molecule has 0 saturated carbocycles. The van der Waals surface area contributed by atoms with Crippen LogP contribution < -0.4 is 21.1 Å². The third kappa shape index (κ3) is 4.34. The average molecular weight is 342 g/mol. The first kappa shape index (κ1) is 16.9. The maximum atomic E-state index is 12.2. The minimum absolute atomic E-state index is 0.0278. The minimum atomic E-state index is -0.230. The molecule has 1 atom stereocenters. The summed E-state index contributed by atoms with van der Waals surface area (Å²) in [6, 6.07) is 3.58. The Morgan fingerprint density at radius 3 is 3.08 bits per heavy atom. The van der Waals surface area contributed by atoms with Crippen LogP contribution in [0.25, 0.3) is 0 Å². The van der Waals surface area contributed by atoms with Crippen LogP contribution >= 0.6 is 0 Å². The molecule has 2 aromatic rings. The van der Waals surface area contributed by atoms with Gasteiger partial charge in [-0.15, -0.1) is 0 Å². The second-order valence-corrected chi connectivity index (χ2v) is 6.12. The van der Waals surface area contributed by atoms with Gasteiger partial charge in [-0.05, 0) is 31.4 Å². The predicted molar refractivity (Wildman–Crippen MR) is 94.4 cm³/mol. The molecule has 1 aliphatic rings. The molecule has 0 bridgehead atoms. The van der Waals surface area contributed by atoms with Gasteiger partial charge in [-0.1, -0.05) is 6.07 Å². The number of rotatable bonds is 4. The lowest BCUT2D eigenvalue weighted by atomic mass is 10.1. The van der Waals surface area contributed by atoms with Gasteiger partial charge in [0.25, 0.3) is 5.56 Å². The van der Waals surface area contributed by atoms with Gasteiger partial charge < -0.3 is 20.5 Å². The monoisotopic (exact) mass is 342 g/mol. The molecule has 25 heavy (non-hydrogen) atoms. The van der Waals surface area contributed by atoms with Gasteiger partial charge in [0, 0.05) is 37.7 Å².